The highest BCUT2D eigenvalue weighted by Crippen LogP contribution is 2.16. The lowest BCUT2D eigenvalue weighted by molar-refractivity contribution is -0.131. The molecule has 0 aliphatic heterocycles. The first kappa shape index (κ1) is 14.8. The van der Waals surface area contributed by atoms with Gasteiger partial charge in [-0.05, 0) is 24.6 Å². The summed E-state index contributed by atoms with van der Waals surface area (Å²) in [5, 5.41) is 0.630. The van der Waals surface area contributed by atoms with Crippen molar-refractivity contribution >= 4 is 17.5 Å². The highest BCUT2D eigenvalue weighted by molar-refractivity contribution is 6.30. The van der Waals surface area contributed by atoms with Crippen LogP contribution in [0, 0.1) is 0 Å². The number of rotatable bonds is 6. The van der Waals surface area contributed by atoms with Gasteiger partial charge in [0.2, 0.25) is 5.91 Å². The predicted molar refractivity (Wildman–Crippen MR) is 72.9 cm³/mol. The summed E-state index contributed by atoms with van der Waals surface area (Å²) in [5.74, 6) is 0.635. The van der Waals surface area contributed by atoms with E-state index in [1.165, 1.54) is 0 Å². The molecule has 0 bridgehead atoms. The molecular formula is C13H19ClN2O2. The molecule has 1 amide bonds. The average molecular weight is 271 g/mol. The first-order valence-corrected chi connectivity index (χ1v) is 6.31. The first-order valence-electron chi connectivity index (χ1n) is 5.93. The van der Waals surface area contributed by atoms with Crippen molar-refractivity contribution in [2.24, 2.45) is 5.73 Å². The lowest BCUT2D eigenvalue weighted by Crippen LogP contribution is -2.42. The van der Waals surface area contributed by atoms with Gasteiger partial charge in [-0.2, -0.15) is 0 Å². The van der Waals surface area contributed by atoms with Gasteiger partial charge in [-0.25, -0.2) is 0 Å². The number of likely N-dealkylation sites (N-methyl/N-ethyl adjacent to an activating group) is 1. The fraction of sp³-hybridized carbons (Fsp3) is 0.462. The van der Waals surface area contributed by atoms with Gasteiger partial charge in [0.25, 0.3) is 0 Å². The minimum absolute atomic E-state index is 0.0628. The van der Waals surface area contributed by atoms with E-state index in [1.807, 2.05) is 19.1 Å². The van der Waals surface area contributed by atoms with Crippen LogP contribution in [0.15, 0.2) is 24.3 Å². The van der Waals surface area contributed by atoms with Crippen molar-refractivity contribution in [2.45, 2.75) is 19.4 Å². The van der Waals surface area contributed by atoms with Gasteiger partial charge in [0, 0.05) is 12.1 Å². The number of carbonyl (C=O) groups excluding carboxylic acids is 1. The molecule has 2 N–H and O–H groups in total. The van der Waals surface area contributed by atoms with Crippen molar-refractivity contribution in [3.05, 3.63) is 29.3 Å². The number of ether oxygens (including phenoxy) is 1. The van der Waals surface area contributed by atoms with E-state index < -0.39 is 6.04 Å². The maximum absolute atomic E-state index is 11.7. The summed E-state index contributed by atoms with van der Waals surface area (Å²) in [5.41, 5.74) is 5.67. The van der Waals surface area contributed by atoms with Gasteiger partial charge >= 0.3 is 0 Å². The molecule has 0 fully saturated rings. The molecule has 18 heavy (non-hydrogen) atoms. The van der Waals surface area contributed by atoms with E-state index >= 15 is 0 Å². The number of amides is 1. The summed E-state index contributed by atoms with van der Waals surface area (Å²) >= 11 is 5.84. The number of hydrogen-bond acceptors (Lipinski definition) is 3. The maximum atomic E-state index is 11.7. The summed E-state index contributed by atoms with van der Waals surface area (Å²) in [7, 11) is 1.72. The van der Waals surface area contributed by atoms with E-state index in [0.717, 1.165) is 0 Å². The van der Waals surface area contributed by atoms with Gasteiger partial charge in [-0.15, -0.1) is 0 Å². The van der Waals surface area contributed by atoms with Crippen LogP contribution in [0.5, 0.6) is 5.75 Å². The first-order chi connectivity index (χ1) is 8.54. The van der Waals surface area contributed by atoms with Crippen LogP contribution in [-0.2, 0) is 4.79 Å². The van der Waals surface area contributed by atoms with Crippen LogP contribution in [0.3, 0.4) is 0 Å². The molecule has 4 nitrogen and oxygen atoms in total. The van der Waals surface area contributed by atoms with E-state index in [-0.39, 0.29) is 5.91 Å². The third-order valence-electron chi connectivity index (χ3n) is 2.62. The van der Waals surface area contributed by atoms with E-state index in [0.29, 0.717) is 30.3 Å². The summed E-state index contributed by atoms with van der Waals surface area (Å²) in [6.45, 7) is 2.80. The molecule has 0 aliphatic carbocycles. The maximum Gasteiger partial charge on any atom is 0.239 e. The lowest BCUT2D eigenvalue weighted by Gasteiger charge is -2.20. The summed E-state index contributed by atoms with van der Waals surface area (Å²) in [6, 6.07) is 6.73. The molecule has 5 heteroatoms. The van der Waals surface area contributed by atoms with Crippen molar-refractivity contribution in [1.29, 1.82) is 0 Å². The van der Waals surface area contributed by atoms with Crippen molar-refractivity contribution in [1.82, 2.24) is 4.90 Å². The van der Waals surface area contributed by atoms with Crippen molar-refractivity contribution in [3.8, 4) is 5.75 Å². The Bertz CT molecular complexity index is 398. The second-order valence-corrected chi connectivity index (χ2v) is 4.52. The Morgan fingerprint density at radius 1 is 1.56 bits per heavy atom. The topological polar surface area (TPSA) is 55.6 Å². The molecule has 0 radical (unpaired) electrons. The largest absolute Gasteiger partial charge is 0.492 e. The Labute approximate surface area is 113 Å². The van der Waals surface area contributed by atoms with E-state index in [4.69, 9.17) is 22.1 Å². The van der Waals surface area contributed by atoms with Gasteiger partial charge < -0.3 is 15.4 Å². The Morgan fingerprint density at radius 2 is 2.28 bits per heavy atom. The molecule has 0 aromatic heterocycles. The van der Waals surface area contributed by atoms with Crippen LogP contribution < -0.4 is 10.5 Å². The zero-order chi connectivity index (χ0) is 13.5. The monoisotopic (exact) mass is 270 g/mol. The number of carbonyl (C=O) groups is 1. The number of hydrogen-bond donors (Lipinski definition) is 1. The van der Waals surface area contributed by atoms with E-state index in [2.05, 4.69) is 0 Å². The molecule has 1 rings (SSSR count). The van der Waals surface area contributed by atoms with Crippen LogP contribution >= 0.6 is 11.6 Å². The SMILES string of the molecule is CC[C@H](N)C(=O)N(C)CCOc1cccc(Cl)c1. The molecule has 0 heterocycles. The second kappa shape index (κ2) is 7.24. The molecule has 1 atom stereocenters. The number of nitrogens with two attached hydrogens (primary N) is 1. The van der Waals surface area contributed by atoms with Gasteiger partial charge in [0.05, 0.1) is 12.6 Å². The molecule has 0 aliphatic rings. The third kappa shape index (κ3) is 4.55. The molecule has 0 unspecified atom stereocenters. The smallest absolute Gasteiger partial charge is 0.239 e. The van der Waals surface area contributed by atoms with Crippen LogP contribution in [0.4, 0.5) is 0 Å². The third-order valence-corrected chi connectivity index (χ3v) is 2.86. The number of nitrogens with zero attached hydrogens (tertiary/aromatic N) is 1. The lowest BCUT2D eigenvalue weighted by atomic mass is 10.2. The average Bonchev–Trinajstić information content (AvgIpc) is 2.36. The van der Waals surface area contributed by atoms with Gasteiger partial charge in [-0.1, -0.05) is 24.6 Å². The second-order valence-electron chi connectivity index (χ2n) is 4.08. The summed E-state index contributed by atoms with van der Waals surface area (Å²) < 4.78 is 5.50. The minimum Gasteiger partial charge on any atom is -0.492 e. The Kier molecular flexibility index (Phi) is 5.95. The Hall–Kier alpha value is -1.26. The van der Waals surface area contributed by atoms with Crippen molar-refractivity contribution < 1.29 is 9.53 Å². The number of benzene rings is 1. The molecule has 1 aromatic carbocycles. The predicted octanol–water partition coefficient (Wildman–Crippen LogP) is 1.91. The standard InChI is InChI=1S/C13H19ClN2O2/c1-3-12(15)13(17)16(2)7-8-18-11-6-4-5-10(14)9-11/h4-6,9,12H,3,7-8,15H2,1-2H3/t12-/m0/s1. The molecule has 0 saturated carbocycles. The summed E-state index contributed by atoms with van der Waals surface area (Å²) in [4.78, 5) is 13.3. The molecule has 1 aromatic rings. The molecule has 100 valence electrons. The molecule has 0 saturated heterocycles. The zero-order valence-electron chi connectivity index (χ0n) is 10.7. The van der Waals surface area contributed by atoms with Crippen LogP contribution in [0.25, 0.3) is 0 Å². The highest BCUT2D eigenvalue weighted by Gasteiger charge is 2.15. The molecular weight excluding hydrogens is 252 g/mol. The number of halogens is 1. The zero-order valence-corrected chi connectivity index (χ0v) is 11.5. The highest BCUT2D eigenvalue weighted by atomic mass is 35.5. The fourth-order valence-electron chi connectivity index (χ4n) is 1.43. The fourth-order valence-corrected chi connectivity index (χ4v) is 1.61. The van der Waals surface area contributed by atoms with Crippen LogP contribution in [-0.4, -0.2) is 37.0 Å². The Morgan fingerprint density at radius 3 is 2.89 bits per heavy atom. The van der Waals surface area contributed by atoms with E-state index in [9.17, 15) is 4.79 Å². The van der Waals surface area contributed by atoms with Crippen LogP contribution in [0.2, 0.25) is 5.02 Å². The van der Waals surface area contributed by atoms with Crippen LogP contribution in [0.1, 0.15) is 13.3 Å². The summed E-state index contributed by atoms with van der Waals surface area (Å²) in [6.07, 6.45) is 0.637. The van der Waals surface area contributed by atoms with Crippen molar-refractivity contribution in [2.75, 3.05) is 20.2 Å². The minimum atomic E-state index is -0.429. The van der Waals surface area contributed by atoms with Gasteiger partial charge in [0.15, 0.2) is 0 Å². The Balaban J connectivity index is 2.35. The normalized spacial score (nSPS) is 12.0. The van der Waals surface area contributed by atoms with Gasteiger partial charge in [-0.3, -0.25) is 4.79 Å². The quantitative estimate of drug-likeness (QED) is 0.859. The molecule has 0 spiro atoms. The van der Waals surface area contributed by atoms with Gasteiger partial charge in [0.1, 0.15) is 12.4 Å². The van der Waals surface area contributed by atoms with Crippen molar-refractivity contribution in [3.63, 3.8) is 0 Å². The van der Waals surface area contributed by atoms with E-state index in [1.54, 1.807) is 24.1 Å².